The molecule has 0 saturated carbocycles. The standard InChI is InChI=1S/C24H25N3O3/c1-26-21(15-25-23(26)20-5-3-2-4-6-20)24(30)27-12-11-19(16-27)13-17-7-9-18(10-8-17)14-22(28)29/h2-10,15,19H,11-14,16H2,1H3,(H,28,29). The Balaban J connectivity index is 1.39. The second-order valence-electron chi connectivity index (χ2n) is 7.89. The molecule has 0 spiro atoms. The minimum atomic E-state index is -0.821. The van der Waals surface area contributed by atoms with Gasteiger partial charge in [-0.1, -0.05) is 54.6 Å². The van der Waals surface area contributed by atoms with Crippen LogP contribution in [0.2, 0.25) is 0 Å². The van der Waals surface area contributed by atoms with Crippen molar-refractivity contribution in [1.29, 1.82) is 0 Å². The lowest BCUT2D eigenvalue weighted by molar-refractivity contribution is -0.136. The Morgan fingerprint density at radius 3 is 2.47 bits per heavy atom. The number of aliphatic carboxylic acids is 1. The molecule has 6 nitrogen and oxygen atoms in total. The van der Waals surface area contributed by atoms with Crippen LogP contribution in [0, 0.1) is 5.92 Å². The average molecular weight is 403 g/mol. The van der Waals surface area contributed by atoms with Gasteiger partial charge in [-0.3, -0.25) is 9.59 Å². The van der Waals surface area contributed by atoms with Crippen LogP contribution in [0.15, 0.2) is 60.8 Å². The molecular formula is C24H25N3O3. The molecule has 0 bridgehead atoms. The van der Waals surface area contributed by atoms with E-state index in [0.717, 1.165) is 42.9 Å². The van der Waals surface area contributed by atoms with E-state index in [1.807, 2.05) is 71.1 Å². The molecule has 1 aliphatic rings. The molecule has 3 aromatic rings. The fraction of sp³-hybridized carbons (Fsp3) is 0.292. The second-order valence-corrected chi connectivity index (χ2v) is 7.89. The van der Waals surface area contributed by atoms with Gasteiger partial charge >= 0.3 is 5.97 Å². The quantitative estimate of drug-likeness (QED) is 0.684. The number of carbonyl (C=O) groups excluding carboxylic acids is 1. The van der Waals surface area contributed by atoms with Crippen molar-refractivity contribution in [2.75, 3.05) is 13.1 Å². The number of amides is 1. The third-order valence-electron chi connectivity index (χ3n) is 5.72. The third-order valence-corrected chi connectivity index (χ3v) is 5.72. The molecule has 1 aliphatic heterocycles. The van der Waals surface area contributed by atoms with Gasteiger partial charge in [0.2, 0.25) is 0 Å². The van der Waals surface area contributed by atoms with Gasteiger partial charge in [-0.15, -0.1) is 0 Å². The Labute approximate surface area is 175 Å². The number of carbonyl (C=O) groups is 2. The van der Waals surface area contributed by atoms with Crippen molar-refractivity contribution in [2.45, 2.75) is 19.3 Å². The van der Waals surface area contributed by atoms with E-state index in [9.17, 15) is 9.59 Å². The molecule has 1 aromatic heterocycles. The van der Waals surface area contributed by atoms with Crippen molar-refractivity contribution in [3.8, 4) is 11.4 Å². The van der Waals surface area contributed by atoms with Crippen LogP contribution >= 0.6 is 0 Å². The first-order valence-electron chi connectivity index (χ1n) is 10.2. The number of rotatable bonds is 6. The van der Waals surface area contributed by atoms with Crippen LogP contribution in [-0.2, 0) is 24.7 Å². The van der Waals surface area contributed by atoms with Gasteiger partial charge < -0.3 is 14.6 Å². The molecule has 1 fully saturated rings. The van der Waals surface area contributed by atoms with E-state index in [4.69, 9.17) is 5.11 Å². The number of hydrogen-bond donors (Lipinski definition) is 1. The van der Waals surface area contributed by atoms with Gasteiger partial charge in [0.1, 0.15) is 11.5 Å². The highest BCUT2D eigenvalue weighted by atomic mass is 16.4. The molecule has 1 atom stereocenters. The summed E-state index contributed by atoms with van der Waals surface area (Å²) in [6, 6.07) is 17.6. The number of aromatic nitrogens is 2. The minimum Gasteiger partial charge on any atom is -0.481 e. The van der Waals surface area contributed by atoms with Gasteiger partial charge in [0.15, 0.2) is 0 Å². The first-order valence-corrected chi connectivity index (χ1v) is 10.2. The minimum absolute atomic E-state index is 0.0199. The molecule has 1 saturated heterocycles. The Morgan fingerprint density at radius 1 is 1.07 bits per heavy atom. The largest absolute Gasteiger partial charge is 0.481 e. The zero-order valence-corrected chi connectivity index (χ0v) is 17.0. The summed E-state index contributed by atoms with van der Waals surface area (Å²) >= 11 is 0. The van der Waals surface area contributed by atoms with Crippen LogP contribution in [0.1, 0.15) is 28.0 Å². The van der Waals surface area contributed by atoms with Crippen molar-refractivity contribution in [3.05, 3.63) is 77.6 Å². The maximum absolute atomic E-state index is 13.1. The number of hydrogen-bond acceptors (Lipinski definition) is 3. The topological polar surface area (TPSA) is 75.4 Å². The van der Waals surface area contributed by atoms with E-state index < -0.39 is 5.97 Å². The summed E-state index contributed by atoms with van der Waals surface area (Å²) in [6.07, 6.45) is 3.56. The molecule has 2 aromatic carbocycles. The molecule has 4 rings (SSSR count). The van der Waals surface area contributed by atoms with Crippen molar-refractivity contribution in [1.82, 2.24) is 14.5 Å². The van der Waals surface area contributed by atoms with Crippen LogP contribution in [0.4, 0.5) is 0 Å². The lowest BCUT2D eigenvalue weighted by atomic mass is 9.97. The maximum Gasteiger partial charge on any atom is 0.307 e. The van der Waals surface area contributed by atoms with Crippen molar-refractivity contribution in [3.63, 3.8) is 0 Å². The molecule has 30 heavy (non-hydrogen) atoms. The molecule has 0 aliphatic carbocycles. The molecule has 6 heteroatoms. The molecule has 154 valence electrons. The number of nitrogens with zero attached hydrogens (tertiary/aromatic N) is 3. The van der Waals surface area contributed by atoms with Gasteiger partial charge in [0.05, 0.1) is 12.6 Å². The van der Waals surface area contributed by atoms with Crippen molar-refractivity contribution < 1.29 is 14.7 Å². The lowest BCUT2D eigenvalue weighted by Gasteiger charge is -2.17. The smallest absolute Gasteiger partial charge is 0.307 e. The maximum atomic E-state index is 13.1. The Bertz CT molecular complexity index is 1040. The van der Waals surface area contributed by atoms with Crippen LogP contribution in [0.3, 0.4) is 0 Å². The van der Waals surface area contributed by atoms with E-state index in [0.29, 0.717) is 11.6 Å². The van der Waals surface area contributed by atoms with E-state index >= 15 is 0 Å². The fourth-order valence-corrected chi connectivity index (χ4v) is 4.11. The zero-order chi connectivity index (χ0) is 21.1. The first kappa shape index (κ1) is 19.9. The molecule has 1 amide bonds. The van der Waals surface area contributed by atoms with Crippen LogP contribution in [0.25, 0.3) is 11.4 Å². The molecular weight excluding hydrogens is 378 g/mol. The molecule has 1 N–H and O–H groups in total. The van der Waals surface area contributed by atoms with E-state index in [1.54, 1.807) is 6.20 Å². The van der Waals surface area contributed by atoms with Gasteiger partial charge in [-0.2, -0.15) is 0 Å². The van der Waals surface area contributed by atoms with E-state index in [2.05, 4.69) is 4.98 Å². The monoisotopic (exact) mass is 403 g/mol. The summed E-state index contributed by atoms with van der Waals surface area (Å²) in [5, 5.41) is 8.88. The van der Waals surface area contributed by atoms with Gasteiger partial charge in [-0.05, 0) is 29.9 Å². The normalized spacial score (nSPS) is 16.0. The van der Waals surface area contributed by atoms with Crippen molar-refractivity contribution >= 4 is 11.9 Å². The molecule has 2 heterocycles. The second kappa shape index (κ2) is 8.53. The number of benzene rings is 2. The number of carboxylic acid groups (broad SMARTS) is 1. The number of imidazole rings is 1. The van der Waals surface area contributed by atoms with E-state index in [1.165, 1.54) is 5.56 Å². The highest BCUT2D eigenvalue weighted by molar-refractivity contribution is 5.93. The van der Waals surface area contributed by atoms with Crippen molar-refractivity contribution in [2.24, 2.45) is 13.0 Å². The van der Waals surface area contributed by atoms with E-state index in [-0.39, 0.29) is 12.3 Å². The first-order chi connectivity index (χ1) is 14.5. The highest BCUT2D eigenvalue weighted by Crippen LogP contribution is 2.24. The Kier molecular flexibility index (Phi) is 5.65. The Morgan fingerprint density at radius 2 is 1.77 bits per heavy atom. The summed E-state index contributed by atoms with van der Waals surface area (Å²) in [7, 11) is 1.88. The van der Waals surface area contributed by atoms with Gasteiger partial charge in [0.25, 0.3) is 5.91 Å². The summed E-state index contributed by atoms with van der Waals surface area (Å²) in [5.41, 5.74) is 3.58. The molecule has 1 unspecified atom stereocenters. The highest BCUT2D eigenvalue weighted by Gasteiger charge is 2.29. The SMILES string of the molecule is Cn1c(C(=O)N2CCC(Cc3ccc(CC(=O)O)cc3)C2)cnc1-c1ccccc1. The van der Waals surface area contributed by atoms with Gasteiger partial charge in [-0.25, -0.2) is 4.98 Å². The summed E-state index contributed by atoms with van der Waals surface area (Å²) in [4.78, 5) is 30.3. The van der Waals surface area contributed by atoms with Crippen LogP contribution < -0.4 is 0 Å². The molecule has 0 radical (unpaired) electrons. The average Bonchev–Trinajstić information content (AvgIpc) is 3.36. The predicted molar refractivity (Wildman–Crippen MR) is 114 cm³/mol. The predicted octanol–water partition coefficient (Wildman–Crippen LogP) is 3.42. The summed E-state index contributed by atoms with van der Waals surface area (Å²) in [5.74, 6) is 0.391. The third kappa shape index (κ3) is 4.27. The van der Waals surface area contributed by atoms with Crippen LogP contribution in [-0.4, -0.2) is 44.5 Å². The Hall–Kier alpha value is -3.41. The summed E-state index contributed by atoms with van der Waals surface area (Å²) in [6.45, 7) is 1.47. The zero-order valence-electron chi connectivity index (χ0n) is 17.0. The summed E-state index contributed by atoms with van der Waals surface area (Å²) < 4.78 is 1.87. The van der Waals surface area contributed by atoms with Gasteiger partial charge in [0, 0.05) is 25.7 Å². The number of likely N-dealkylation sites (tertiary alicyclic amines) is 1. The number of carboxylic acids is 1. The lowest BCUT2D eigenvalue weighted by Crippen LogP contribution is -2.30. The fourth-order valence-electron chi connectivity index (χ4n) is 4.11. The van der Waals surface area contributed by atoms with Crippen LogP contribution in [0.5, 0.6) is 0 Å².